The van der Waals surface area contributed by atoms with Crippen molar-refractivity contribution in [3.8, 4) is 0 Å². The van der Waals surface area contributed by atoms with E-state index >= 15 is 0 Å². The van der Waals surface area contributed by atoms with Crippen LogP contribution in [0.3, 0.4) is 0 Å². The first-order chi connectivity index (χ1) is 9.13. The van der Waals surface area contributed by atoms with Crippen molar-refractivity contribution in [1.82, 2.24) is 10.3 Å². The topological polar surface area (TPSA) is 24.9 Å². The average Bonchev–Trinajstić information content (AvgIpc) is 3.13. The standard InChI is InChI=1S/C15H17FN2S/c1-9-10(2)19-15(17-9)14(18-13-6-7-13)11-4-3-5-12(16)8-11/h3-5,8,13-14,18H,6-7H2,1-2H3. The van der Waals surface area contributed by atoms with Gasteiger partial charge in [-0.25, -0.2) is 9.37 Å². The average molecular weight is 276 g/mol. The summed E-state index contributed by atoms with van der Waals surface area (Å²) >= 11 is 1.70. The predicted octanol–water partition coefficient (Wildman–Crippen LogP) is 3.74. The van der Waals surface area contributed by atoms with Gasteiger partial charge in [0.05, 0.1) is 11.7 Å². The third-order valence-electron chi connectivity index (χ3n) is 3.45. The number of hydrogen-bond acceptors (Lipinski definition) is 3. The van der Waals surface area contributed by atoms with Crippen LogP contribution in [0.25, 0.3) is 0 Å². The smallest absolute Gasteiger partial charge is 0.123 e. The molecule has 1 aromatic heterocycles. The molecule has 2 aromatic rings. The Labute approximate surface area is 116 Å². The van der Waals surface area contributed by atoms with Gasteiger partial charge in [-0.2, -0.15) is 0 Å². The molecule has 0 radical (unpaired) electrons. The lowest BCUT2D eigenvalue weighted by molar-refractivity contribution is 0.584. The highest BCUT2D eigenvalue weighted by molar-refractivity contribution is 7.11. The van der Waals surface area contributed by atoms with Crippen LogP contribution in [0.2, 0.25) is 0 Å². The van der Waals surface area contributed by atoms with E-state index in [0.717, 1.165) is 16.3 Å². The van der Waals surface area contributed by atoms with E-state index in [-0.39, 0.29) is 11.9 Å². The maximum absolute atomic E-state index is 13.4. The molecule has 100 valence electrons. The fraction of sp³-hybridized carbons (Fsp3) is 0.400. The molecule has 1 unspecified atom stereocenters. The van der Waals surface area contributed by atoms with Gasteiger partial charge in [0.2, 0.25) is 0 Å². The molecular weight excluding hydrogens is 259 g/mol. The van der Waals surface area contributed by atoms with Gasteiger partial charge in [0.1, 0.15) is 10.8 Å². The highest BCUT2D eigenvalue weighted by Crippen LogP contribution is 2.32. The summed E-state index contributed by atoms with van der Waals surface area (Å²) in [6, 6.07) is 7.38. The molecule has 0 amide bonds. The lowest BCUT2D eigenvalue weighted by Gasteiger charge is -2.16. The molecule has 0 aliphatic heterocycles. The lowest BCUT2D eigenvalue weighted by atomic mass is 10.1. The predicted molar refractivity (Wildman–Crippen MR) is 76.0 cm³/mol. The molecule has 1 aliphatic rings. The minimum absolute atomic E-state index is 0.0144. The van der Waals surface area contributed by atoms with E-state index in [4.69, 9.17) is 0 Å². The quantitative estimate of drug-likeness (QED) is 0.920. The summed E-state index contributed by atoms with van der Waals surface area (Å²) in [4.78, 5) is 5.86. The van der Waals surface area contributed by atoms with Crippen LogP contribution in [0.15, 0.2) is 24.3 Å². The molecule has 1 fully saturated rings. The van der Waals surface area contributed by atoms with Gasteiger partial charge < -0.3 is 5.32 Å². The van der Waals surface area contributed by atoms with Crippen molar-refractivity contribution in [3.63, 3.8) is 0 Å². The Kier molecular flexibility index (Phi) is 3.37. The first-order valence-electron chi connectivity index (χ1n) is 6.59. The van der Waals surface area contributed by atoms with E-state index in [1.54, 1.807) is 23.5 Å². The highest BCUT2D eigenvalue weighted by atomic mass is 32.1. The molecule has 1 aromatic carbocycles. The van der Waals surface area contributed by atoms with Crippen LogP contribution in [-0.2, 0) is 0 Å². The van der Waals surface area contributed by atoms with Crippen LogP contribution in [0.4, 0.5) is 4.39 Å². The van der Waals surface area contributed by atoms with E-state index < -0.39 is 0 Å². The molecule has 3 rings (SSSR count). The number of aromatic nitrogens is 1. The summed E-state index contributed by atoms with van der Waals surface area (Å²) in [5, 5.41) is 4.61. The zero-order valence-electron chi connectivity index (χ0n) is 11.1. The molecular formula is C15H17FN2S. The number of thiazole rings is 1. The molecule has 0 saturated heterocycles. The zero-order chi connectivity index (χ0) is 13.4. The monoisotopic (exact) mass is 276 g/mol. The molecule has 1 atom stereocenters. The summed E-state index contributed by atoms with van der Waals surface area (Å²) in [6.45, 7) is 4.10. The van der Waals surface area contributed by atoms with Gasteiger partial charge in [-0.1, -0.05) is 12.1 Å². The number of rotatable bonds is 4. The van der Waals surface area contributed by atoms with Crippen molar-refractivity contribution in [3.05, 3.63) is 51.2 Å². The summed E-state index contributed by atoms with van der Waals surface area (Å²) in [7, 11) is 0. The van der Waals surface area contributed by atoms with Gasteiger partial charge in [-0.3, -0.25) is 0 Å². The number of halogens is 1. The van der Waals surface area contributed by atoms with Crippen molar-refractivity contribution >= 4 is 11.3 Å². The SMILES string of the molecule is Cc1nc(C(NC2CC2)c2cccc(F)c2)sc1C. The van der Waals surface area contributed by atoms with Crippen LogP contribution >= 0.6 is 11.3 Å². The van der Waals surface area contributed by atoms with Gasteiger partial charge in [0, 0.05) is 10.9 Å². The molecule has 1 heterocycles. The number of hydrogen-bond donors (Lipinski definition) is 1. The van der Waals surface area contributed by atoms with Gasteiger partial charge >= 0.3 is 0 Å². The number of nitrogens with one attached hydrogen (secondary N) is 1. The lowest BCUT2D eigenvalue weighted by Crippen LogP contribution is -2.24. The highest BCUT2D eigenvalue weighted by Gasteiger charge is 2.28. The Morgan fingerprint density at radius 2 is 2.16 bits per heavy atom. The minimum Gasteiger partial charge on any atom is -0.301 e. The van der Waals surface area contributed by atoms with Crippen LogP contribution < -0.4 is 5.32 Å². The third kappa shape index (κ3) is 2.85. The first-order valence-corrected chi connectivity index (χ1v) is 7.40. The van der Waals surface area contributed by atoms with E-state index in [1.165, 1.54) is 23.8 Å². The number of aryl methyl sites for hydroxylation is 2. The Morgan fingerprint density at radius 3 is 2.74 bits per heavy atom. The summed E-state index contributed by atoms with van der Waals surface area (Å²) < 4.78 is 13.4. The van der Waals surface area contributed by atoms with E-state index in [2.05, 4.69) is 17.2 Å². The third-order valence-corrected chi connectivity index (χ3v) is 4.59. The Bertz CT molecular complexity index is 570. The van der Waals surface area contributed by atoms with Crippen LogP contribution in [0.5, 0.6) is 0 Å². The summed E-state index contributed by atoms with van der Waals surface area (Å²) in [5.74, 6) is -0.190. The van der Waals surface area contributed by atoms with Crippen molar-refractivity contribution in [1.29, 1.82) is 0 Å². The van der Waals surface area contributed by atoms with Crippen LogP contribution in [0.1, 0.15) is 40.0 Å². The second-order valence-electron chi connectivity index (χ2n) is 5.12. The zero-order valence-corrected chi connectivity index (χ0v) is 11.9. The molecule has 4 heteroatoms. The van der Waals surface area contributed by atoms with Crippen molar-refractivity contribution in [2.24, 2.45) is 0 Å². The summed E-state index contributed by atoms with van der Waals surface area (Å²) in [5.41, 5.74) is 2.03. The molecule has 0 bridgehead atoms. The van der Waals surface area contributed by atoms with Gasteiger partial charge in [-0.05, 0) is 44.4 Å². The number of benzene rings is 1. The second kappa shape index (κ2) is 5.02. The Hall–Kier alpha value is -1.26. The van der Waals surface area contributed by atoms with Crippen LogP contribution in [0, 0.1) is 19.7 Å². The van der Waals surface area contributed by atoms with Gasteiger partial charge in [0.15, 0.2) is 0 Å². The largest absolute Gasteiger partial charge is 0.301 e. The normalized spacial score (nSPS) is 16.6. The molecule has 2 nitrogen and oxygen atoms in total. The maximum atomic E-state index is 13.4. The number of nitrogens with zero attached hydrogens (tertiary/aromatic N) is 1. The molecule has 1 aliphatic carbocycles. The fourth-order valence-corrected chi connectivity index (χ4v) is 3.11. The van der Waals surface area contributed by atoms with Gasteiger partial charge in [-0.15, -0.1) is 11.3 Å². The molecule has 1 N–H and O–H groups in total. The molecule has 1 saturated carbocycles. The molecule has 0 spiro atoms. The molecule has 19 heavy (non-hydrogen) atoms. The van der Waals surface area contributed by atoms with Crippen molar-refractivity contribution < 1.29 is 4.39 Å². The summed E-state index contributed by atoms with van der Waals surface area (Å²) in [6.07, 6.45) is 2.41. The fourth-order valence-electron chi connectivity index (χ4n) is 2.10. The Morgan fingerprint density at radius 1 is 1.37 bits per heavy atom. The van der Waals surface area contributed by atoms with Crippen molar-refractivity contribution in [2.45, 2.75) is 38.8 Å². The van der Waals surface area contributed by atoms with E-state index in [9.17, 15) is 4.39 Å². The maximum Gasteiger partial charge on any atom is 0.123 e. The first kappa shape index (κ1) is 12.8. The van der Waals surface area contributed by atoms with Crippen LogP contribution in [-0.4, -0.2) is 11.0 Å². The van der Waals surface area contributed by atoms with E-state index in [0.29, 0.717) is 6.04 Å². The second-order valence-corrected chi connectivity index (χ2v) is 6.36. The van der Waals surface area contributed by atoms with E-state index in [1.807, 2.05) is 13.0 Å². The Balaban J connectivity index is 1.96. The van der Waals surface area contributed by atoms with Gasteiger partial charge in [0.25, 0.3) is 0 Å². The minimum atomic E-state index is -0.190. The van der Waals surface area contributed by atoms with Crippen molar-refractivity contribution in [2.75, 3.05) is 0 Å².